The molecule has 2 heterocycles. The van der Waals surface area contributed by atoms with Crippen molar-refractivity contribution in [2.24, 2.45) is 0 Å². The fraction of sp³-hybridized carbons (Fsp3) is 0.148. The minimum atomic E-state index is -0.731. The number of hydrogen-bond donors (Lipinski definition) is 1. The van der Waals surface area contributed by atoms with Gasteiger partial charge in [-0.15, -0.1) is 0 Å². The second kappa shape index (κ2) is 7.95. The van der Waals surface area contributed by atoms with Crippen LogP contribution in [0.5, 0.6) is 5.75 Å². The Balaban J connectivity index is 1.57. The summed E-state index contributed by atoms with van der Waals surface area (Å²) >= 11 is 12.5. The van der Waals surface area contributed by atoms with Crippen LogP contribution in [0.2, 0.25) is 10.0 Å². The third-order valence-electron chi connectivity index (χ3n) is 5.61. The molecular weight excluding hydrogens is 458 g/mol. The van der Waals surface area contributed by atoms with E-state index in [9.17, 15) is 4.39 Å². The molecule has 33 heavy (non-hydrogen) atoms. The van der Waals surface area contributed by atoms with Crippen LogP contribution in [0.4, 0.5) is 4.39 Å². The molecule has 6 heteroatoms. The molecule has 0 spiro atoms. The van der Waals surface area contributed by atoms with Crippen molar-refractivity contribution in [2.45, 2.75) is 26.4 Å². The van der Waals surface area contributed by atoms with E-state index in [2.05, 4.69) is 21.8 Å². The fourth-order valence-electron chi connectivity index (χ4n) is 3.88. The zero-order chi connectivity index (χ0) is 23.3. The Bertz CT molecular complexity index is 1460. The quantitative estimate of drug-likeness (QED) is 0.288. The van der Waals surface area contributed by atoms with Crippen LogP contribution in [0.25, 0.3) is 22.6 Å². The van der Waals surface area contributed by atoms with Crippen LogP contribution in [0, 0.1) is 24.6 Å². The molecule has 4 aromatic rings. The van der Waals surface area contributed by atoms with Crippen LogP contribution in [-0.2, 0) is 5.60 Å². The number of aromatic nitrogens is 2. The molecule has 0 bridgehead atoms. The Morgan fingerprint density at radius 2 is 1.70 bits per heavy atom. The smallest absolute Gasteiger partial charge is 0.147 e. The summed E-state index contributed by atoms with van der Waals surface area (Å²) in [6.45, 7) is 5.81. The average Bonchev–Trinajstić information content (AvgIpc) is 3.20. The van der Waals surface area contributed by atoms with Crippen molar-refractivity contribution in [1.29, 1.82) is 0 Å². The Kier molecular flexibility index (Phi) is 5.20. The molecule has 3 nitrogen and oxygen atoms in total. The molecule has 0 radical (unpaired) electrons. The predicted molar refractivity (Wildman–Crippen MR) is 130 cm³/mol. The van der Waals surface area contributed by atoms with Gasteiger partial charge in [0.25, 0.3) is 0 Å². The summed E-state index contributed by atoms with van der Waals surface area (Å²) in [5.74, 6) is 6.93. The molecule has 0 saturated heterocycles. The monoisotopic (exact) mass is 476 g/mol. The van der Waals surface area contributed by atoms with Crippen LogP contribution in [-0.4, -0.2) is 9.97 Å². The second-order valence-corrected chi connectivity index (χ2v) is 9.26. The van der Waals surface area contributed by atoms with Gasteiger partial charge in [-0.05, 0) is 68.8 Å². The number of imidazole rings is 1. The van der Waals surface area contributed by atoms with E-state index in [1.165, 1.54) is 6.07 Å². The van der Waals surface area contributed by atoms with Crippen LogP contribution >= 0.6 is 23.2 Å². The second-order valence-electron chi connectivity index (χ2n) is 8.44. The van der Waals surface area contributed by atoms with E-state index < -0.39 is 11.4 Å². The highest BCUT2D eigenvalue weighted by Crippen LogP contribution is 2.45. The number of aryl methyl sites for hydroxylation is 1. The molecule has 1 N–H and O–H groups in total. The molecule has 0 fully saturated rings. The molecule has 3 aromatic carbocycles. The third kappa shape index (κ3) is 3.88. The number of halogens is 3. The number of H-pyrrole nitrogens is 1. The number of nitrogens with one attached hydrogen (secondary N) is 1. The summed E-state index contributed by atoms with van der Waals surface area (Å²) in [6, 6.07) is 16.1. The molecule has 1 aliphatic heterocycles. The lowest BCUT2D eigenvalue weighted by Crippen LogP contribution is -2.29. The standard InChI is InChI=1S/C27H19Cl2FN2O/c1-15-7-8-16(13-20(15)29)9-10-17-11-12-18-22(14-17)33-27(2,3)25-24(18)31-26(32-25)23-19(28)5-4-6-21(23)30/h4-8,11-14H,1-3H3,(H,31,32). The van der Waals surface area contributed by atoms with Crippen molar-refractivity contribution in [3.05, 3.63) is 92.8 Å². The minimum Gasteiger partial charge on any atom is -0.481 e. The topological polar surface area (TPSA) is 37.9 Å². The molecule has 0 atom stereocenters. The highest BCUT2D eigenvalue weighted by molar-refractivity contribution is 6.33. The van der Waals surface area contributed by atoms with Gasteiger partial charge in [0.2, 0.25) is 0 Å². The van der Waals surface area contributed by atoms with Gasteiger partial charge in [0, 0.05) is 21.7 Å². The van der Waals surface area contributed by atoms with Gasteiger partial charge in [-0.25, -0.2) is 9.37 Å². The number of benzene rings is 3. The van der Waals surface area contributed by atoms with Crippen LogP contribution < -0.4 is 4.74 Å². The number of fused-ring (bicyclic) bond motifs is 3. The third-order valence-corrected chi connectivity index (χ3v) is 6.33. The van der Waals surface area contributed by atoms with Crippen LogP contribution in [0.15, 0.2) is 54.6 Å². The maximum atomic E-state index is 14.5. The summed E-state index contributed by atoms with van der Waals surface area (Å²) < 4.78 is 20.8. The first-order chi connectivity index (χ1) is 15.7. The maximum Gasteiger partial charge on any atom is 0.147 e. The number of nitrogens with zero attached hydrogens (tertiary/aromatic N) is 1. The Hall–Kier alpha value is -3.26. The van der Waals surface area contributed by atoms with E-state index in [4.69, 9.17) is 27.9 Å². The van der Waals surface area contributed by atoms with E-state index in [0.29, 0.717) is 27.3 Å². The number of hydrogen-bond acceptors (Lipinski definition) is 2. The Labute approximate surface area is 201 Å². The highest BCUT2D eigenvalue weighted by Gasteiger charge is 2.37. The summed E-state index contributed by atoms with van der Waals surface area (Å²) in [6.07, 6.45) is 0. The molecule has 0 saturated carbocycles. The molecule has 1 aliphatic rings. The van der Waals surface area contributed by atoms with Crippen LogP contribution in [0.3, 0.4) is 0 Å². The number of ether oxygens (including phenoxy) is 1. The Morgan fingerprint density at radius 3 is 2.42 bits per heavy atom. The molecular formula is C27H19Cl2FN2O. The van der Waals surface area contributed by atoms with Crippen molar-refractivity contribution in [3.63, 3.8) is 0 Å². The molecule has 0 unspecified atom stereocenters. The Morgan fingerprint density at radius 1 is 0.970 bits per heavy atom. The van der Waals surface area contributed by atoms with Gasteiger partial charge in [-0.3, -0.25) is 0 Å². The van der Waals surface area contributed by atoms with Crippen molar-refractivity contribution in [1.82, 2.24) is 9.97 Å². The van der Waals surface area contributed by atoms with Crippen molar-refractivity contribution in [2.75, 3.05) is 0 Å². The van der Waals surface area contributed by atoms with Crippen LogP contribution in [0.1, 0.15) is 36.2 Å². The summed E-state index contributed by atoms with van der Waals surface area (Å²) in [4.78, 5) is 7.93. The number of aromatic amines is 1. The zero-order valence-corrected chi connectivity index (χ0v) is 19.7. The first kappa shape index (κ1) is 21.6. The van der Waals surface area contributed by atoms with Gasteiger partial charge < -0.3 is 9.72 Å². The lowest BCUT2D eigenvalue weighted by atomic mass is 9.94. The van der Waals surface area contributed by atoms with E-state index in [-0.39, 0.29) is 5.56 Å². The fourth-order valence-corrected chi connectivity index (χ4v) is 4.31. The average molecular weight is 477 g/mol. The molecule has 0 aliphatic carbocycles. The van der Waals surface area contributed by atoms with E-state index >= 15 is 0 Å². The van der Waals surface area contributed by atoms with Gasteiger partial charge in [0.15, 0.2) is 0 Å². The zero-order valence-electron chi connectivity index (χ0n) is 18.2. The summed E-state index contributed by atoms with van der Waals surface area (Å²) in [5, 5.41) is 0.983. The first-order valence-corrected chi connectivity index (χ1v) is 11.1. The lowest BCUT2D eigenvalue weighted by molar-refractivity contribution is 0.101. The lowest BCUT2D eigenvalue weighted by Gasteiger charge is -2.31. The van der Waals surface area contributed by atoms with Crippen molar-refractivity contribution in [3.8, 4) is 40.2 Å². The minimum absolute atomic E-state index is 0.241. The van der Waals surface area contributed by atoms with E-state index in [0.717, 1.165) is 27.9 Å². The maximum absolute atomic E-state index is 14.5. The van der Waals surface area contributed by atoms with Gasteiger partial charge in [-0.1, -0.05) is 47.2 Å². The molecule has 5 rings (SSSR count). The van der Waals surface area contributed by atoms with E-state index in [1.807, 2.05) is 57.2 Å². The first-order valence-electron chi connectivity index (χ1n) is 10.4. The molecule has 164 valence electrons. The summed E-state index contributed by atoms with van der Waals surface area (Å²) in [7, 11) is 0. The largest absolute Gasteiger partial charge is 0.481 e. The van der Waals surface area contributed by atoms with Crippen molar-refractivity contribution >= 4 is 23.2 Å². The van der Waals surface area contributed by atoms with Gasteiger partial charge in [0.1, 0.15) is 28.7 Å². The highest BCUT2D eigenvalue weighted by atomic mass is 35.5. The van der Waals surface area contributed by atoms with E-state index in [1.54, 1.807) is 12.1 Å². The summed E-state index contributed by atoms with van der Waals surface area (Å²) in [5.41, 5.74) is 4.47. The predicted octanol–water partition coefficient (Wildman–Crippen LogP) is 7.53. The molecule has 0 amide bonds. The number of rotatable bonds is 1. The SMILES string of the molecule is Cc1ccc(C#Cc2ccc3c(c2)OC(C)(C)c2nc(-c4c(F)cccc4Cl)[nH]c2-3)cc1Cl. The normalized spacial score (nSPS) is 13.4. The van der Waals surface area contributed by atoms with Crippen molar-refractivity contribution < 1.29 is 9.13 Å². The van der Waals surface area contributed by atoms with Gasteiger partial charge in [0.05, 0.1) is 16.3 Å². The van der Waals surface area contributed by atoms with Gasteiger partial charge >= 0.3 is 0 Å². The molecule has 1 aromatic heterocycles. The van der Waals surface area contributed by atoms with Gasteiger partial charge in [-0.2, -0.15) is 0 Å².